The van der Waals surface area contributed by atoms with Crippen LogP contribution < -0.4 is 5.32 Å². The zero-order chi connectivity index (χ0) is 10.4. The molecule has 0 aromatic heterocycles. The van der Waals surface area contributed by atoms with Crippen molar-refractivity contribution in [1.82, 2.24) is 5.32 Å². The molecule has 0 spiro atoms. The SMILES string of the molecule is CC1(C)CCCC1NCCCCCO. The Balaban J connectivity index is 2.06. The number of hydrogen-bond acceptors (Lipinski definition) is 2. The lowest BCUT2D eigenvalue weighted by atomic mass is 9.87. The van der Waals surface area contributed by atoms with Crippen LogP contribution in [0.3, 0.4) is 0 Å². The second-order valence-corrected chi connectivity index (χ2v) is 5.17. The molecule has 0 aromatic carbocycles. The Labute approximate surface area is 88.1 Å². The minimum Gasteiger partial charge on any atom is -0.396 e. The maximum Gasteiger partial charge on any atom is 0.0431 e. The van der Waals surface area contributed by atoms with Crippen LogP contribution in [0.15, 0.2) is 0 Å². The lowest BCUT2D eigenvalue weighted by Crippen LogP contribution is -2.38. The average Bonchev–Trinajstić information content (AvgIpc) is 2.45. The number of unbranched alkanes of at least 4 members (excludes halogenated alkanes) is 2. The maximum absolute atomic E-state index is 8.64. The summed E-state index contributed by atoms with van der Waals surface area (Å²) in [4.78, 5) is 0. The minimum absolute atomic E-state index is 0.342. The van der Waals surface area contributed by atoms with E-state index in [-0.39, 0.29) is 0 Å². The molecule has 2 nitrogen and oxygen atoms in total. The summed E-state index contributed by atoms with van der Waals surface area (Å²) in [6.07, 6.45) is 7.38. The van der Waals surface area contributed by atoms with E-state index < -0.39 is 0 Å². The number of rotatable bonds is 6. The zero-order valence-corrected chi connectivity index (χ0v) is 9.68. The van der Waals surface area contributed by atoms with Gasteiger partial charge in [-0.3, -0.25) is 0 Å². The third-order valence-corrected chi connectivity index (χ3v) is 3.48. The molecule has 1 saturated carbocycles. The predicted molar refractivity (Wildman–Crippen MR) is 60.4 cm³/mol. The van der Waals surface area contributed by atoms with Gasteiger partial charge in [-0.15, -0.1) is 0 Å². The van der Waals surface area contributed by atoms with Gasteiger partial charge in [0.25, 0.3) is 0 Å². The normalized spacial score (nSPS) is 25.5. The average molecular weight is 199 g/mol. The fraction of sp³-hybridized carbons (Fsp3) is 1.00. The van der Waals surface area contributed by atoms with Gasteiger partial charge in [0.2, 0.25) is 0 Å². The second kappa shape index (κ2) is 5.72. The van der Waals surface area contributed by atoms with Crippen molar-refractivity contribution in [2.24, 2.45) is 5.41 Å². The molecule has 2 N–H and O–H groups in total. The largest absolute Gasteiger partial charge is 0.396 e. The van der Waals surface area contributed by atoms with Crippen LogP contribution in [0.1, 0.15) is 52.4 Å². The van der Waals surface area contributed by atoms with E-state index in [9.17, 15) is 0 Å². The predicted octanol–water partition coefficient (Wildman–Crippen LogP) is 2.32. The molecule has 1 fully saturated rings. The van der Waals surface area contributed by atoms with Crippen LogP contribution in [0.4, 0.5) is 0 Å². The van der Waals surface area contributed by atoms with Crippen molar-refractivity contribution >= 4 is 0 Å². The molecule has 84 valence electrons. The fourth-order valence-corrected chi connectivity index (χ4v) is 2.39. The van der Waals surface area contributed by atoms with Crippen LogP contribution >= 0.6 is 0 Å². The molecular formula is C12H25NO. The third kappa shape index (κ3) is 3.58. The summed E-state index contributed by atoms with van der Waals surface area (Å²) in [5.41, 5.74) is 0.497. The van der Waals surface area contributed by atoms with Gasteiger partial charge in [0.1, 0.15) is 0 Å². The Kier molecular flexibility index (Phi) is 4.90. The quantitative estimate of drug-likeness (QED) is 0.643. The van der Waals surface area contributed by atoms with Crippen LogP contribution in [-0.2, 0) is 0 Å². The van der Waals surface area contributed by atoms with Crippen molar-refractivity contribution in [3.05, 3.63) is 0 Å². The summed E-state index contributed by atoms with van der Waals surface area (Å²) in [5.74, 6) is 0. The Morgan fingerprint density at radius 3 is 2.64 bits per heavy atom. The zero-order valence-electron chi connectivity index (χ0n) is 9.68. The Bertz CT molecular complexity index is 156. The van der Waals surface area contributed by atoms with Gasteiger partial charge in [0, 0.05) is 12.6 Å². The number of hydrogen-bond donors (Lipinski definition) is 2. The molecule has 1 aliphatic carbocycles. The molecular weight excluding hydrogens is 174 g/mol. The first-order chi connectivity index (χ1) is 6.67. The standard InChI is InChI=1S/C12H25NO/c1-12(2)8-6-7-11(12)13-9-4-3-5-10-14/h11,13-14H,3-10H2,1-2H3. The summed E-state index contributed by atoms with van der Waals surface area (Å²) < 4.78 is 0. The number of aliphatic hydroxyl groups is 1. The van der Waals surface area contributed by atoms with Gasteiger partial charge in [0.15, 0.2) is 0 Å². The van der Waals surface area contributed by atoms with E-state index in [1.807, 2.05) is 0 Å². The molecule has 14 heavy (non-hydrogen) atoms. The van der Waals surface area contributed by atoms with E-state index in [1.165, 1.54) is 25.7 Å². The molecule has 0 radical (unpaired) electrons. The van der Waals surface area contributed by atoms with Gasteiger partial charge in [-0.2, -0.15) is 0 Å². The Morgan fingerprint density at radius 1 is 1.29 bits per heavy atom. The van der Waals surface area contributed by atoms with Crippen molar-refractivity contribution in [3.8, 4) is 0 Å². The monoisotopic (exact) mass is 199 g/mol. The first kappa shape index (κ1) is 12.0. The van der Waals surface area contributed by atoms with Gasteiger partial charge in [-0.1, -0.05) is 20.3 Å². The molecule has 0 saturated heterocycles. The fourth-order valence-electron chi connectivity index (χ4n) is 2.39. The molecule has 0 bridgehead atoms. The highest BCUT2D eigenvalue weighted by molar-refractivity contribution is 4.89. The topological polar surface area (TPSA) is 32.3 Å². The molecule has 1 atom stereocenters. The maximum atomic E-state index is 8.64. The van der Waals surface area contributed by atoms with Gasteiger partial charge >= 0.3 is 0 Å². The van der Waals surface area contributed by atoms with E-state index in [4.69, 9.17) is 5.11 Å². The molecule has 0 amide bonds. The Morgan fingerprint density at radius 2 is 2.07 bits per heavy atom. The van der Waals surface area contributed by atoms with Crippen molar-refractivity contribution < 1.29 is 5.11 Å². The van der Waals surface area contributed by atoms with Crippen molar-refractivity contribution in [1.29, 1.82) is 0 Å². The van der Waals surface area contributed by atoms with E-state index in [1.54, 1.807) is 0 Å². The minimum atomic E-state index is 0.342. The molecule has 0 aromatic rings. The highest BCUT2D eigenvalue weighted by Gasteiger charge is 2.33. The molecule has 0 aliphatic heterocycles. The highest BCUT2D eigenvalue weighted by atomic mass is 16.2. The van der Waals surface area contributed by atoms with Crippen molar-refractivity contribution in [2.45, 2.75) is 58.4 Å². The molecule has 1 aliphatic rings. The first-order valence-electron chi connectivity index (χ1n) is 6.01. The smallest absolute Gasteiger partial charge is 0.0431 e. The lowest BCUT2D eigenvalue weighted by molar-refractivity contribution is 0.271. The van der Waals surface area contributed by atoms with E-state index in [0.29, 0.717) is 12.0 Å². The summed E-state index contributed by atoms with van der Waals surface area (Å²) >= 11 is 0. The highest BCUT2D eigenvalue weighted by Crippen LogP contribution is 2.36. The lowest BCUT2D eigenvalue weighted by Gasteiger charge is -2.28. The van der Waals surface area contributed by atoms with Gasteiger partial charge < -0.3 is 10.4 Å². The van der Waals surface area contributed by atoms with Crippen molar-refractivity contribution in [2.75, 3.05) is 13.2 Å². The molecule has 0 heterocycles. The van der Waals surface area contributed by atoms with E-state index in [0.717, 1.165) is 25.4 Å². The van der Waals surface area contributed by atoms with Crippen LogP contribution in [0, 0.1) is 5.41 Å². The summed E-state index contributed by atoms with van der Waals surface area (Å²) in [6.45, 7) is 6.19. The van der Waals surface area contributed by atoms with E-state index in [2.05, 4.69) is 19.2 Å². The Hall–Kier alpha value is -0.0800. The van der Waals surface area contributed by atoms with Gasteiger partial charge in [0.05, 0.1) is 0 Å². The number of nitrogens with one attached hydrogen (secondary N) is 1. The van der Waals surface area contributed by atoms with Gasteiger partial charge in [-0.05, 0) is 44.1 Å². The molecule has 1 unspecified atom stereocenters. The first-order valence-corrected chi connectivity index (χ1v) is 6.01. The van der Waals surface area contributed by atoms with Crippen LogP contribution in [0.2, 0.25) is 0 Å². The molecule has 2 heteroatoms. The summed E-state index contributed by atoms with van der Waals surface area (Å²) in [5, 5.41) is 12.3. The van der Waals surface area contributed by atoms with Crippen LogP contribution in [-0.4, -0.2) is 24.3 Å². The number of aliphatic hydroxyl groups excluding tert-OH is 1. The second-order valence-electron chi connectivity index (χ2n) is 5.17. The summed E-state index contributed by atoms with van der Waals surface area (Å²) in [7, 11) is 0. The molecule has 1 rings (SSSR count). The van der Waals surface area contributed by atoms with E-state index >= 15 is 0 Å². The summed E-state index contributed by atoms with van der Waals surface area (Å²) in [6, 6.07) is 0.719. The van der Waals surface area contributed by atoms with Crippen molar-refractivity contribution in [3.63, 3.8) is 0 Å². The van der Waals surface area contributed by atoms with Crippen LogP contribution in [0.5, 0.6) is 0 Å². The van der Waals surface area contributed by atoms with Crippen LogP contribution in [0.25, 0.3) is 0 Å². The van der Waals surface area contributed by atoms with Gasteiger partial charge in [-0.25, -0.2) is 0 Å². The third-order valence-electron chi connectivity index (χ3n) is 3.48.